The molecule has 3 unspecified atom stereocenters. The molecule has 7 heteroatoms. The van der Waals surface area contributed by atoms with Crippen LogP contribution in [0.5, 0.6) is 11.8 Å². The smallest absolute Gasteiger partial charge is 0.410 e. The Labute approximate surface area is 142 Å². The highest BCUT2D eigenvalue weighted by atomic mass is 16.6. The number of fused-ring (bicyclic) bond motifs is 1. The monoisotopic (exact) mass is 335 g/mol. The van der Waals surface area contributed by atoms with Crippen molar-refractivity contribution in [2.24, 2.45) is 5.92 Å². The molecule has 0 radical (unpaired) electrons. The van der Waals surface area contributed by atoms with Crippen LogP contribution in [0.25, 0.3) is 0 Å². The summed E-state index contributed by atoms with van der Waals surface area (Å²) in [6.07, 6.45) is 1.70. The number of carbonyl (C=O) groups is 1. The van der Waals surface area contributed by atoms with Crippen LogP contribution in [0.1, 0.15) is 33.6 Å². The number of amides is 1. The number of nitrogens with two attached hydrogens (primary N) is 1. The van der Waals surface area contributed by atoms with Crippen LogP contribution < -0.4 is 15.2 Å². The number of piperidine rings is 1. The lowest BCUT2D eigenvalue weighted by molar-refractivity contribution is 0.0137. The lowest BCUT2D eigenvalue weighted by Gasteiger charge is -2.30. The van der Waals surface area contributed by atoms with Gasteiger partial charge < -0.3 is 19.9 Å². The van der Waals surface area contributed by atoms with Crippen LogP contribution in [0.15, 0.2) is 12.1 Å². The number of ether oxygens (including phenoxy) is 3. The number of pyridine rings is 1. The van der Waals surface area contributed by atoms with Crippen LogP contribution in [0.3, 0.4) is 0 Å². The minimum atomic E-state index is -0.506. The Hall–Kier alpha value is -2.18. The summed E-state index contributed by atoms with van der Waals surface area (Å²) < 4.78 is 16.4. The highest BCUT2D eigenvalue weighted by Gasteiger charge is 2.55. The molecule has 7 nitrogen and oxygen atoms in total. The molecule has 3 atom stereocenters. The van der Waals surface area contributed by atoms with Crippen molar-refractivity contribution in [2.45, 2.75) is 51.3 Å². The number of rotatable bonds is 4. The third-order valence-corrected chi connectivity index (χ3v) is 4.30. The second-order valence-electron chi connectivity index (χ2n) is 7.40. The zero-order chi connectivity index (χ0) is 17.5. The Kier molecular flexibility index (Phi) is 4.19. The van der Waals surface area contributed by atoms with Gasteiger partial charge in [0.15, 0.2) is 0 Å². The van der Waals surface area contributed by atoms with Gasteiger partial charge in [-0.05, 0) is 45.6 Å². The van der Waals surface area contributed by atoms with Gasteiger partial charge in [0.05, 0.1) is 18.8 Å². The molecule has 1 aromatic heterocycles. The van der Waals surface area contributed by atoms with Crippen LogP contribution in [0.2, 0.25) is 0 Å². The van der Waals surface area contributed by atoms with E-state index in [9.17, 15) is 4.79 Å². The van der Waals surface area contributed by atoms with E-state index in [1.807, 2.05) is 25.7 Å². The van der Waals surface area contributed by atoms with Crippen molar-refractivity contribution >= 4 is 11.8 Å². The minimum absolute atomic E-state index is 0.0176. The first-order valence-electron chi connectivity index (χ1n) is 8.23. The molecule has 1 aliphatic carbocycles. The third-order valence-electron chi connectivity index (χ3n) is 4.30. The highest BCUT2D eigenvalue weighted by Crippen LogP contribution is 2.48. The fourth-order valence-corrected chi connectivity index (χ4v) is 3.15. The fraction of sp³-hybridized carbons (Fsp3) is 0.647. The normalized spacial score (nSPS) is 25.2. The molecule has 1 saturated carbocycles. The van der Waals surface area contributed by atoms with Gasteiger partial charge >= 0.3 is 6.09 Å². The molecule has 1 saturated heterocycles. The zero-order valence-corrected chi connectivity index (χ0v) is 14.6. The van der Waals surface area contributed by atoms with Gasteiger partial charge in [0, 0.05) is 12.1 Å². The van der Waals surface area contributed by atoms with Crippen molar-refractivity contribution in [1.29, 1.82) is 0 Å². The maximum atomic E-state index is 12.5. The van der Waals surface area contributed by atoms with Gasteiger partial charge in [-0.15, -0.1) is 0 Å². The molecule has 24 heavy (non-hydrogen) atoms. The number of hydrogen-bond acceptors (Lipinski definition) is 6. The summed E-state index contributed by atoms with van der Waals surface area (Å²) in [6.45, 7) is 5.96. The Morgan fingerprint density at radius 3 is 2.79 bits per heavy atom. The zero-order valence-electron chi connectivity index (χ0n) is 14.6. The van der Waals surface area contributed by atoms with E-state index in [0.717, 1.165) is 12.8 Å². The van der Waals surface area contributed by atoms with E-state index in [1.165, 1.54) is 7.11 Å². The Morgan fingerprint density at radius 1 is 1.38 bits per heavy atom. The number of nitrogens with zero attached hydrogens (tertiary/aromatic N) is 2. The largest absolute Gasteiger partial charge is 0.481 e. The average Bonchev–Trinajstić information content (AvgIpc) is 3.15. The molecular weight excluding hydrogens is 310 g/mol. The molecule has 0 spiro atoms. The first-order chi connectivity index (χ1) is 11.3. The summed E-state index contributed by atoms with van der Waals surface area (Å²) in [5, 5.41) is 0. The number of nitrogen functional groups attached to an aromatic ring is 1. The topological polar surface area (TPSA) is 86.9 Å². The summed E-state index contributed by atoms with van der Waals surface area (Å²) in [6, 6.07) is 3.64. The van der Waals surface area contributed by atoms with E-state index in [1.54, 1.807) is 12.1 Å². The number of hydrogen-bond donors (Lipinski definition) is 1. The van der Waals surface area contributed by atoms with Crippen molar-refractivity contribution in [3.63, 3.8) is 0 Å². The van der Waals surface area contributed by atoms with Crippen LogP contribution >= 0.6 is 0 Å². The maximum Gasteiger partial charge on any atom is 0.410 e. The predicted octanol–water partition coefficient (Wildman–Crippen LogP) is 2.45. The van der Waals surface area contributed by atoms with E-state index in [2.05, 4.69) is 4.98 Å². The average molecular weight is 335 g/mol. The van der Waals surface area contributed by atoms with Crippen molar-refractivity contribution in [2.75, 3.05) is 19.5 Å². The standard InChI is InChI=1S/C17H25N3O4/c1-17(2,3)24-16(21)20-11(7-10-8-13(10)20)9-23-15-12(18)5-6-14(19-15)22-4/h5-6,10-11,13H,7-9,18H2,1-4H3. The summed E-state index contributed by atoms with van der Waals surface area (Å²) >= 11 is 0. The van der Waals surface area contributed by atoms with E-state index in [0.29, 0.717) is 30.0 Å². The third kappa shape index (κ3) is 3.49. The van der Waals surface area contributed by atoms with Crippen LogP contribution in [-0.4, -0.2) is 47.4 Å². The molecular formula is C17H25N3O4. The van der Waals surface area contributed by atoms with Gasteiger partial charge in [-0.1, -0.05) is 0 Å². The van der Waals surface area contributed by atoms with Gasteiger partial charge in [-0.3, -0.25) is 4.90 Å². The van der Waals surface area contributed by atoms with E-state index in [4.69, 9.17) is 19.9 Å². The van der Waals surface area contributed by atoms with Gasteiger partial charge in [0.1, 0.15) is 12.2 Å². The van der Waals surface area contributed by atoms with Crippen molar-refractivity contribution in [3.05, 3.63) is 12.1 Å². The van der Waals surface area contributed by atoms with Crippen molar-refractivity contribution in [3.8, 4) is 11.8 Å². The van der Waals surface area contributed by atoms with E-state index < -0.39 is 5.60 Å². The maximum absolute atomic E-state index is 12.5. The number of aromatic nitrogens is 1. The Balaban J connectivity index is 1.65. The van der Waals surface area contributed by atoms with Crippen molar-refractivity contribution in [1.82, 2.24) is 9.88 Å². The molecule has 3 rings (SSSR count). The summed E-state index contributed by atoms with van der Waals surface area (Å²) in [5.74, 6) is 1.33. The molecule has 132 valence electrons. The van der Waals surface area contributed by atoms with E-state index in [-0.39, 0.29) is 18.2 Å². The SMILES string of the molecule is COc1ccc(N)c(OCC2CC3CC3N2C(=O)OC(C)(C)C)n1. The van der Waals surface area contributed by atoms with Gasteiger partial charge in [0.25, 0.3) is 0 Å². The van der Waals surface area contributed by atoms with Crippen LogP contribution in [-0.2, 0) is 4.74 Å². The minimum Gasteiger partial charge on any atom is -0.481 e. The summed E-state index contributed by atoms with van der Waals surface area (Å²) in [7, 11) is 1.54. The second kappa shape index (κ2) is 6.03. The molecule has 2 N–H and O–H groups in total. The van der Waals surface area contributed by atoms with Crippen LogP contribution in [0, 0.1) is 5.92 Å². The molecule has 0 bridgehead atoms. The molecule has 1 amide bonds. The first kappa shape index (κ1) is 16.7. The van der Waals surface area contributed by atoms with Crippen molar-refractivity contribution < 1.29 is 19.0 Å². The van der Waals surface area contributed by atoms with Gasteiger partial charge in [-0.25, -0.2) is 4.79 Å². The molecule has 2 aliphatic rings. The highest BCUT2D eigenvalue weighted by molar-refractivity contribution is 5.70. The summed E-state index contributed by atoms with van der Waals surface area (Å²) in [5.41, 5.74) is 5.84. The van der Waals surface area contributed by atoms with Crippen LogP contribution in [0.4, 0.5) is 10.5 Å². The number of methoxy groups -OCH3 is 1. The fourth-order valence-electron chi connectivity index (χ4n) is 3.15. The number of carbonyl (C=O) groups excluding carboxylic acids is 1. The molecule has 1 aromatic rings. The quantitative estimate of drug-likeness (QED) is 0.909. The lowest BCUT2D eigenvalue weighted by Crippen LogP contribution is -2.44. The molecule has 0 aromatic carbocycles. The van der Waals surface area contributed by atoms with Gasteiger partial charge in [0.2, 0.25) is 11.8 Å². The lowest BCUT2D eigenvalue weighted by atomic mass is 10.2. The Morgan fingerprint density at radius 2 is 2.12 bits per heavy atom. The molecule has 2 heterocycles. The second-order valence-corrected chi connectivity index (χ2v) is 7.40. The summed E-state index contributed by atoms with van der Waals surface area (Å²) in [4.78, 5) is 18.5. The van der Waals surface area contributed by atoms with E-state index >= 15 is 0 Å². The van der Waals surface area contributed by atoms with Gasteiger partial charge in [-0.2, -0.15) is 4.98 Å². The first-order valence-corrected chi connectivity index (χ1v) is 8.23. The predicted molar refractivity (Wildman–Crippen MR) is 89.1 cm³/mol. The Bertz CT molecular complexity index is 629. The molecule has 1 aliphatic heterocycles. The number of anilines is 1. The number of likely N-dealkylation sites (tertiary alicyclic amines) is 1. The molecule has 2 fully saturated rings.